The molecule has 3 rings (SSSR count). The monoisotopic (exact) mass is 297 g/mol. The van der Waals surface area contributed by atoms with Gasteiger partial charge in [0.25, 0.3) is 0 Å². The Morgan fingerprint density at radius 2 is 2.06 bits per heavy atom. The molecule has 1 atom stereocenters. The number of hydrogen-bond acceptors (Lipinski definition) is 3. The van der Waals surface area contributed by atoms with Crippen molar-refractivity contribution in [1.82, 2.24) is 0 Å². The van der Waals surface area contributed by atoms with E-state index in [4.69, 9.17) is 15.2 Å². The molecule has 3 nitrogen and oxygen atoms in total. The Bertz CT molecular complexity index is 429. The van der Waals surface area contributed by atoms with Gasteiger partial charge in [0.05, 0.1) is 13.2 Å². The van der Waals surface area contributed by atoms with E-state index in [0.29, 0.717) is 0 Å². The van der Waals surface area contributed by atoms with Crippen LogP contribution < -0.4 is 10.5 Å². The Kier molecular flexibility index (Phi) is 2.89. The lowest BCUT2D eigenvalue weighted by Gasteiger charge is -2.43. The van der Waals surface area contributed by atoms with Crippen LogP contribution in [0.1, 0.15) is 30.9 Å². The fourth-order valence-electron chi connectivity index (χ4n) is 2.74. The summed E-state index contributed by atoms with van der Waals surface area (Å²) in [4.78, 5) is 0. The van der Waals surface area contributed by atoms with Gasteiger partial charge in [0.1, 0.15) is 11.4 Å². The molecule has 0 radical (unpaired) electrons. The van der Waals surface area contributed by atoms with Gasteiger partial charge in [-0.15, -0.1) is 0 Å². The molecule has 2 aliphatic rings. The van der Waals surface area contributed by atoms with Crippen LogP contribution in [0.25, 0.3) is 0 Å². The Balaban J connectivity index is 1.94. The molecule has 17 heavy (non-hydrogen) atoms. The van der Waals surface area contributed by atoms with Gasteiger partial charge in [0, 0.05) is 35.3 Å². The van der Waals surface area contributed by atoms with Crippen molar-refractivity contribution in [3.05, 3.63) is 28.2 Å². The van der Waals surface area contributed by atoms with Crippen LogP contribution in [-0.4, -0.2) is 18.8 Å². The highest BCUT2D eigenvalue weighted by Crippen LogP contribution is 2.43. The normalized spacial score (nSPS) is 26.4. The number of halogens is 1. The lowest BCUT2D eigenvalue weighted by Crippen LogP contribution is -2.47. The minimum Gasteiger partial charge on any atom is -0.487 e. The van der Waals surface area contributed by atoms with Gasteiger partial charge in [0.15, 0.2) is 0 Å². The molecule has 0 aliphatic carbocycles. The molecule has 1 unspecified atom stereocenters. The molecule has 2 heterocycles. The molecule has 1 saturated heterocycles. The van der Waals surface area contributed by atoms with Crippen LogP contribution in [0.4, 0.5) is 0 Å². The van der Waals surface area contributed by atoms with Gasteiger partial charge in [0.2, 0.25) is 0 Å². The second kappa shape index (κ2) is 4.26. The first kappa shape index (κ1) is 11.5. The number of rotatable bonds is 0. The topological polar surface area (TPSA) is 44.5 Å². The average molecular weight is 298 g/mol. The van der Waals surface area contributed by atoms with Crippen molar-refractivity contribution in [2.45, 2.75) is 30.9 Å². The summed E-state index contributed by atoms with van der Waals surface area (Å²) < 4.78 is 12.7. The molecule has 1 aromatic carbocycles. The Labute approximate surface area is 109 Å². The van der Waals surface area contributed by atoms with Gasteiger partial charge in [-0.1, -0.05) is 15.9 Å². The van der Waals surface area contributed by atoms with Gasteiger partial charge in [-0.25, -0.2) is 0 Å². The summed E-state index contributed by atoms with van der Waals surface area (Å²) in [5, 5.41) is 0. The summed E-state index contributed by atoms with van der Waals surface area (Å²) in [6.45, 7) is 1.55. The minimum atomic E-state index is -0.0987. The first-order valence-corrected chi connectivity index (χ1v) is 6.80. The van der Waals surface area contributed by atoms with Crippen molar-refractivity contribution in [2.75, 3.05) is 13.2 Å². The van der Waals surface area contributed by atoms with Crippen LogP contribution >= 0.6 is 15.9 Å². The maximum atomic E-state index is 6.28. The fourth-order valence-corrected chi connectivity index (χ4v) is 3.12. The third-order valence-corrected chi connectivity index (χ3v) is 4.19. The molecule has 1 fully saturated rings. The third-order valence-electron chi connectivity index (χ3n) is 3.69. The average Bonchev–Trinajstić information content (AvgIpc) is 2.31. The van der Waals surface area contributed by atoms with E-state index in [2.05, 4.69) is 22.0 Å². The molecule has 1 spiro atoms. The number of fused-ring (bicyclic) bond motifs is 1. The van der Waals surface area contributed by atoms with E-state index in [0.717, 1.165) is 48.3 Å². The SMILES string of the molecule is NC1CC2(CCOCC2)Oc2ccc(Br)cc21. The van der Waals surface area contributed by atoms with E-state index in [9.17, 15) is 0 Å². The maximum Gasteiger partial charge on any atom is 0.124 e. The molecule has 1 aromatic rings. The fraction of sp³-hybridized carbons (Fsp3) is 0.538. The van der Waals surface area contributed by atoms with Gasteiger partial charge in [-0.2, -0.15) is 0 Å². The molecular weight excluding hydrogens is 282 g/mol. The zero-order chi connectivity index (χ0) is 11.9. The van der Waals surface area contributed by atoms with Crippen molar-refractivity contribution in [2.24, 2.45) is 5.73 Å². The number of hydrogen-bond donors (Lipinski definition) is 1. The second-order valence-electron chi connectivity index (χ2n) is 4.89. The van der Waals surface area contributed by atoms with E-state index in [1.165, 1.54) is 0 Å². The molecular formula is C13H16BrNO2. The number of ether oxygens (including phenoxy) is 2. The van der Waals surface area contributed by atoms with Gasteiger partial charge >= 0.3 is 0 Å². The van der Waals surface area contributed by atoms with Crippen molar-refractivity contribution in [1.29, 1.82) is 0 Å². The Morgan fingerprint density at radius 3 is 2.82 bits per heavy atom. The first-order chi connectivity index (χ1) is 8.19. The van der Waals surface area contributed by atoms with E-state index in [1.54, 1.807) is 0 Å². The van der Waals surface area contributed by atoms with E-state index in [1.807, 2.05) is 12.1 Å². The predicted octanol–water partition coefficient (Wildman–Crippen LogP) is 2.78. The molecule has 2 N–H and O–H groups in total. The number of benzene rings is 1. The van der Waals surface area contributed by atoms with Gasteiger partial charge in [-0.05, 0) is 18.2 Å². The van der Waals surface area contributed by atoms with Crippen molar-refractivity contribution < 1.29 is 9.47 Å². The minimum absolute atomic E-state index is 0.0642. The largest absolute Gasteiger partial charge is 0.487 e. The molecule has 0 aromatic heterocycles. The van der Waals surface area contributed by atoms with E-state index < -0.39 is 0 Å². The zero-order valence-corrected chi connectivity index (χ0v) is 11.2. The summed E-state index contributed by atoms with van der Waals surface area (Å²) in [5.41, 5.74) is 7.29. The van der Waals surface area contributed by atoms with Crippen LogP contribution in [0.3, 0.4) is 0 Å². The van der Waals surface area contributed by atoms with E-state index in [-0.39, 0.29) is 11.6 Å². The highest BCUT2D eigenvalue weighted by Gasteiger charge is 2.41. The standard InChI is InChI=1S/C13H16BrNO2/c14-9-1-2-12-10(7-9)11(15)8-13(17-12)3-5-16-6-4-13/h1-2,7,11H,3-6,8,15H2. The van der Waals surface area contributed by atoms with Gasteiger partial charge < -0.3 is 15.2 Å². The van der Waals surface area contributed by atoms with Crippen LogP contribution in [0, 0.1) is 0 Å². The lowest BCUT2D eigenvalue weighted by atomic mass is 9.82. The van der Waals surface area contributed by atoms with Crippen LogP contribution in [0.15, 0.2) is 22.7 Å². The molecule has 0 amide bonds. The molecule has 4 heteroatoms. The second-order valence-corrected chi connectivity index (χ2v) is 5.81. The zero-order valence-electron chi connectivity index (χ0n) is 9.62. The summed E-state index contributed by atoms with van der Waals surface area (Å²) in [6.07, 6.45) is 2.77. The highest BCUT2D eigenvalue weighted by atomic mass is 79.9. The smallest absolute Gasteiger partial charge is 0.124 e. The van der Waals surface area contributed by atoms with Crippen LogP contribution in [0.2, 0.25) is 0 Å². The summed E-state index contributed by atoms with van der Waals surface area (Å²) in [5.74, 6) is 0.939. The van der Waals surface area contributed by atoms with Gasteiger partial charge in [-0.3, -0.25) is 0 Å². The van der Waals surface area contributed by atoms with Crippen LogP contribution in [-0.2, 0) is 4.74 Å². The summed E-state index contributed by atoms with van der Waals surface area (Å²) >= 11 is 3.47. The van der Waals surface area contributed by atoms with Crippen LogP contribution in [0.5, 0.6) is 5.75 Å². The van der Waals surface area contributed by atoms with Crippen molar-refractivity contribution >= 4 is 15.9 Å². The van der Waals surface area contributed by atoms with Crippen molar-refractivity contribution in [3.8, 4) is 5.75 Å². The highest BCUT2D eigenvalue weighted by molar-refractivity contribution is 9.10. The Morgan fingerprint density at radius 1 is 1.29 bits per heavy atom. The van der Waals surface area contributed by atoms with E-state index >= 15 is 0 Å². The molecule has 0 saturated carbocycles. The summed E-state index contributed by atoms with van der Waals surface area (Å²) in [7, 11) is 0. The molecule has 0 bridgehead atoms. The van der Waals surface area contributed by atoms with Crippen molar-refractivity contribution in [3.63, 3.8) is 0 Å². The third kappa shape index (κ3) is 2.09. The first-order valence-electron chi connectivity index (χ1n) is 6.00. The maximum absolute atomic E-state index is 6.28. The Hall–Kier alpha value is -0.580. The lowest BCUT2D eigenvalue weighted by molar-refractivity contribution is -0.0621. The summed E-state index contributed by atoms with van der Waals surface area (Å²) in [6, 6.07) is 6.14. The predicted molar refractivity (Wildman–Crippen MR) is 69.1 cm³/mol. The number of nitrogens with two attached hydrogens (primary N) is 1. The quantitative estimate of drug-likeness (QED) is 0.801. The molecule has 2 aliphatic heterocycles. The molecule has 92 valence electrons.